The largest absolute Gasteiger partial charge is 0.465 e. The summed E-state index contributed by atoms with van der Waals surface area (Å²) in [5, 5.41) is 15.5. The van der Waals surface area contributed by atoms with Gasteiger partial charge >= 0.3 is 11.9 Å². The van der Waals surface area contributed by atoms with E-state index in [-0.39, 0.29) is 35.3 Å². The van der Waals surface area contributed by atoms with Gasteiger partial charge in [0, 0.05) is 12.1 Å². The highest BCUT2D eigenvalue weighted by atomic mass is 16.8. The SMILES string of the molecule is COC(=O)c1c([C@@H]2OC[C@H]3OC(C)(C)O[C@H]32)nn(-c2ccc([N+](=O)[O-])cc2)c1C(=O)OC. The zero-order valence-electron chi connectivity index (χ0n) is 17.8. The summed E-state index contributed by atoms with van der Waals surface area (Å²) in [4.78, 5) is 35.9. The van der Waals surface area contributed by atoms with Crippen molar-refractivity contribution in [3.05, 3.63) is 51.3 Å². The highest BCUT2D eigenvalue weighted by Gasteiger charge is 2.53. The standard InChI is InChI=1S/C20H21N3O9/c1-20(2)31-12-9-30-17(16(12)32-20)14-13(18(24)28-3)15(19(25)29-4)22(21-14)10-5-7-11(8-6-10)23(26)27/h5-8,12,16-17H,9H2,1-4H3/t12-,16-,17+/m1/s1. The van der Waals surface area contributed by atoms with E-state index in [1.54, 1.807) is 13.8 Å². The lowest BCUT2D eigenvalue weighted by Crippen LogP contribution is -2.26. The Morgan fingerprint density at radius 3 is 2.41 bits per heavy atom. The molecule has 32 heavy (non-hydrogen) atoms. The highest BCUT2D eigenvalue weighted by molar-refractivity contribution is 6.03. The first-order valence-electron chi connectivity index (χ1n) is 9.68. The number of hydrogen-bond acceptors (Lipinski definition) is 10. The van der Waals surface area contributed by atoms with Crippen molar-refractivity contribution in [3.63, 3.8) is 0 Å². The lowest BCUT2D eigenvalue weighted by molar-refractivity contribution is -0.384. The lowest BCUT2D eigenvalue weighted by Gasteiger charge is -2.21. The Bertz CT molecular complexity index is 1080. The number of ether oxygens (including phenoxy) is 5. The van der Waals surface area contributed by atoms with E-state index in [2.05, 4.69) is 5.10 Å². The Morgan fingerprint density at radius 1 is 1.16 bits per heavy atom. The third-order valence-corrected chi connectivity index (χ3v) is 5.22. The van der Waals surface area contributed by atoms with Gasteiger partial charge in [-0.1, -0.05) is 0 Å². The second kappa shape index (κ2) is 7.97. The Hall–Kier alpha value is -3.35. The van der Waals surface area contributed by atoms with E-state index in [9.17, 15) is 19.7 Å². The summed E-state index contributed by atoms with van der Waals surface area (Å²) in [6.07, 6.45) is -1.77. The molecule has 2 aliphatic heterocycles. The number of methoxy groups -OCH3 is 2. The molecular formula is C20H21N3O9. The topological polar surface area (TPSA) is 141 Å². The highest BCUT2D eigenvalue weighted by Crippen LogP contribution is 2.43. The first-order chi connectivity index (χ1) is 15.2. The molecule has 0 unspecified atom stereocenters. The molecule has 3 heterocycles. The predicted molar refractivity (Wildman–Crippen MR) is 105 cm³/mol. The number of nitro benzene ring substituents is 1. The fraction of sp³-hybridized carbons (Fsp3) is 0.450. The molecule has 3 atom stereocenters. The van der Waals surface area contributed by atoms with Crippen LogP contribution in [-0.2, 0) is 23.7 Å². The van der Waals surface area contributed by atoms with Crippen molar-refractivity contribution in [2.75, 3.05) is 20.8 Å². The Labute approximate surface area is 182 Å². The van der Waals surface area contributed by atoms with Gasteiger partial charge in [0.05, 0.1) is 31.4 Å². The van der Waals surface area contributed by atoms with Gasteiger partial charge in [-0.25, -0.2) is 14.3 Å². The number of aromatic nitrogens is 2. The van der Waals surface area contributed by atoms with E-state index in [1.807, 2.05) is 0 Å². The molecule has 0 bridgehead atoms. The molecule has 2 aliphatic rings. The van der Waals surface area contributed by atoms with Gasteiger partial charge in [0.1, 0.15) is 29.6 Å². The molecule has 0 amide bonds. The number of carbonyl (C=O) groups is 2. The smallest absolute Gasteiger partial charge is 0.357 e. The van der Waals surface area contributed by atoms with E-state index >= 15 is 0 Å². The molecule has 1 aromatic carbocycles. The minimum Gasteiger partial charge on any atom is -0.465 e. The summed E-state index contributed by atoms with van der Waals surface area (Å²) in [6.45, 7) is 3.73. The van der Waals surface area contributed by atoms with Crippen molar-refractivity contribution in [2.45, 2.75) is 37.9 Å². The summed E-state index contributed by atoms with van der Waals surface area (Å²) in [5.41, 5.74) is -0.0741. The van der Waals surface area contributed by atoms with Crippen molar-refractivity contribution in [1.82, 2.24) is 9.78 Å². The quantitative estimate of drug-likeness (QED) is 0.379. The zero-order valence-corrected chi connectivity index (χ0v) is 17.8. The minimum atomic E-state index is -0.852. The van der Waals surface area contributed by atoms with Crippen LogP contribution in [0.1, 0.15) is 46.5 Å². The van der Waals surface area contributed by atoms with Crippen molar-refractivity contribution in [2.24, 2.45) is 0 Å². The van der Waals surface area contributed by atoms with Crippen LogP contribution in [0.5, 0.6) is 0 Å². The molecule has 1 aromatic heterocycles. The zero-order chi connectivity index (χ0) is 23.2. The second-order valence-electron chi connectivity index (χ2n) is 7.67. The van der Waals surface area contributed by atoms with Crippen molar-refractivity contribution in [1.29, 1.82) is 0 Å². The molecular weight excluding hydrogens is 426 g/mol. The van der Waals surface area contributed by atoms with E-state index in [1.165, 1.54) is 36.1 Å². The molecule has 0 radical (unpaired) electrons. The summed E-state index contributed by atoms with van der Waals surface area (Å²) < 4.78 is 28.6. The van der Waals surface area contributed by atoms with Crippen molar-refractivity contribution in [3.8, 4) is 5.69 Å². The first kappa shape index (κ1) is 21.9. The summed E-state index contributed by atoms with van der Waals surface area (Å²) in [5.74, 6) is -2.52. The first-order valence-corrected chi connectivity index (χ1v) is 9.68. The molecule has 4 rings (SSSR count). The fourth-order valence-corrected chi connectivity index (χ4v) is 3.90. The Balaban J connectivity index is 1.88. The molecule has 170 valence electrons. The lowest BCUT2D eigenvalue weighted by atomic mass is 10.0. The number of fused-ring (bicyclic) bond motifs is 1. The molecule has 0 saturated carbocycles. The van der Waals surface area contributed by atoms with E-state index in [0.717, 1.165) is 7.11 Å². The number of nitrogens with zero attached hydrogens (tertiary/aromatic N) is 3. The maximum Gasteiger partial charge on any atom is 0.357 e. The number of nitro groups is 1. The number of carbonyl (C=O) groups excluding carboxylic acids is 2. The molecule has 12 heteroatoms. The fourth-order valence-electron chi connectivity index (χ4n) is 3.90. The van der Waals surface area contributed by atoms with Gasteiger partial charge in [-0.2, -0.15) is 5.10 Å². The summed E-state index contributed by atoms with van der Waals surface area (Å²) >= 11 is 0. The maximum atomic E-state index is 12.7. The molecule has 0 aliphatic carbocycles. The van der Waals surface area contributed by atoms with Gasteiger partial charge in [-0.05, 0) is 26.0 Å². The summed E-state index contributed by atoms with van der Waals surface area (Å²) in [6, 6.07) is 5.32. The number of benzene rings is 1. The van der Waals surface area contributed by atoms with Crippen LogP contribution in [0.15, 0.2) is 24.3 Å². The minimum absolute atomic E-state index is 0.115. The molecule has 0 spiro atoms. The van der Waals surface area contributed by atoms with Crippen LogP contribution in [0, 0.1) is 10.1 Å². The van der Waals surface area contributed by atoms with Crippen LogP contribution in [0.4, 0.5) is 5.69 Å². The molecule has 12 nitrogen and oxygen atoms in total. The average Bonchev–Trinajstić information content (AvgIpc) is 3.42. The Kier molecular flexibility index (Phi) is 5.44. The van der Waals surface area contributed by atoms with E-state index < -0.39 is 34.9 Å². The Morgan fingerprint density at radius 2 is 1.81 bits per heavy atom. The number of esters is 2. The number of non-ortho nitro benzene ring substituents is 1. The monoisotopic (exact) mass is 447 g/mol. The van der Waals surface area contributed by atoms with Gasteiger partial charge in [0.25, 0.3) is 5.69 Å². The van der Waals surface area contributed by atoms with Gasteiger partial charge < -0.3 is 23.7 Å². The van der Waals surface area contributed by atoms with E-state index in [0.29, 0.717) is 5.69 Å². The molecule has 2 saturated heterocycles. The molecule has 2 fully saturated rings. The number of rotatable bonds is 5. The van der Waals surface area contributed by atoms with Crippen LogP contribution in [0.3, 0.4) is 0 Å². The molecule has 2 aromatic rings. The normalized spacial score (nSPS) is 23.6. The van der Waals surface area contributed by atoms with Crippen molar-refractivity contribution < 1.29 is 38.2 Å². The second-order valence-corrected chi connectivity index (χ2v) is 7.67. The van der Waals surface area contributed by atoms with Gasteiger partial charge in [0.15, 0.2) is 11.5 Å². The van der Waals surface area contributed by atoms with Crippen LogP contribution in [0.2, 0.25) is 0 Å². The van der Waals surface area contributed by atoms with Crippen LogP contribution in [0.25, 0.3) is 5.69 Å². The van der Waals surface area contributed by atoms with Crippen LogP contribution >= 0.6 is 0 Å². The predicted octanol–water partition coefficient (Wildman–Crippen LogP) is 1.95. The van der Waals surface area contributed by atoms with Gasteiger partial charge in [0.2, 0.25) is 0 Å². The summed E-state index contributed by atoms with van der Waals surface area (Å²) in [7, 11) is 2.34. The average molecular weight is 447 g/mol. The maximum absolute atomic E-state index is 12.7. The molecule has 0 N–H and O–H groups in total. The van der Waals surface area contributed by atoms with Crippen LogP contribution < -0.4 is 0 Å². The van der Waals surface area contributed by atoms with Gasteiger partial charge in [-0.3, -0.25) is 10.1 Å². The van der Waals surface area contributed by atoms with E-state index in [4.69, 9.17) is 23.7 Å². The van der Waals surface area contributed by atoms with Gasteiger partial charge in [-0.15, -0.1) is 0 Å². The third kappa shape index (κ3) is 3.61. The number of hydrogen-bond donors (Lipinski definition) is 0. The van der Waals surface area contributed by atoms with Crippen LogP contribution in [-0.4, -0.2) is 65.5 Å². The van der Waals surface area contributed by atoms with Crippen molar-refractivity contribution >= 4 is 17.6 Å². The third-order valence-electron chi connectivity index (χ3n) is 5.22.